The fraction of sp³-hybridized carbons (Fsp3) is 0.111. The molecule has 0 saturated carbocycles. The van der Waals surface area contributed by atoms with Gasteiger partial charge in [0.15, 0.2) is 9.84 Å². The van der Waals surface area contributed by atoms with Crippen molar-refractivity contribution in [2.75, 3.05) is 11.6 Å². The maximum absolute atomic E-state index is 11.6. The molecule has 3 aromatic rings. The number of rotatable bonds is 4. The molecule has 0 saturated heterocycles. The standard InChI is InChI=1S/C18H17N3O3S/c1-12(22)20-15-7-3-13(4-8-15)17-11-19-21-18(17)14-5-9-16(10-6-14)25(2,23)24/h3-11H,1-2H3,(H,19,21)(H,20,22). The molecule has 2 N–H and O–H groups in total. The number of aromatic amines is 1. The molecule has 1 heterocycles. The van der Waals surface area contributed by atoms with E-state index < -0.39 is 9.84 Å². The SMILES string of the molecule is CC(=O)Nc1ccc(-c2cn[nH]c2-c2ccc(S(C)(=O)=O)cc2)cc1. The maximum Gasteiger partial charge on any atom is 0.221 e. The average molecular weight is 355 g/mol. The van der Waals surface area contributed by atoms with Crippen LogP contribution < -0.4 is 5.32 Å². The van der Waals surface area contributed by atoms with E-state index in [1.165, 1.54) is 13.2 Å². The number of sulfone groups is 1. The van der Waals surface area contributed by atoms with Crippen molar-refractivity contribution in [2.24, 2.45) is 0 Å². The van der Waals surface area contributed by atoms with Crippen LogP contribution >= 0.6 is 0 Å². The zero-order valence-corrected chi connectivity index (χ0v) is 14.6. The Morgan fingerprint density at radius 3 is 2.16 bits per heavy atom. The van der Waals surface area contributed by atoms with Gasteiger partial charge in [0.1, 0.15) is 0 Å². The van der Waals surface area contributed by atoms with Gasteiger partial charge in [-0.3, -0.25) is 9.89 Å². The van der Waals surface area contributed by atoms with Gasteiger partial charge in [-0.25, -0.2) is 8.42 Å². The first-order valence-corrected chi connectivity index (χ1v) is 9.45. The molecule has 128 valence electrons. The van der Waals surface area contributed by atoms with Crippen LogP contribution in [0.2, 0.25) is 0 Å². The summed E-state index contributed by atoms with van der Waals surface area (Å²) in [5.74, 6) is -0.122. The molecular weight excluding hydrogens is 338 g/mol. The van der Waals surface area contributed by atoms with Gasteiger partial charge in [0.25, 0.3) is 0 Å². The zero-order valence-electron chi connectivity index (χ0n) is 13.8. The van der Waals surface area contributed by atoms with Crippen molar-refractivity contribution >= 4 is 21.4 Å². The molecule has 0 aliphatic rings. The molecule has 25 heavy (non-hydrogen) atoms. The van der Waals surface area contributed by atoms with Gasteiger partial charge in [-0.15, -0.1) is 0 Å². The Labute approximate surface area is 145 Å². The number of nitrogens with zero attached hydrogens (tertiary/aromatic N) is 1. The third-order valence-electron chi connectivity index (χ3n) is 3.73. The van der Waals surface area contributed by atoms with E-state index in [4.69, 9.17) is 0 Å². The lowest BCUT2D eigenvalue weighted by atomic mass is 10.0. The number of carbonyl (C=O) groups excluding carboxylic acids is 1. The van der Waals surface area contributed by atoms with Crippen LogP contribution in [0, 0.1) is 0 Å². The maximum atomic E-state index is 11.6. The number of aromatic nitrogens is 2. The Hall–Kier alpha value is -2.93. The monoisotopic (exact) mass is 355 g/mol. The molecule has 1 amide bonds. The lowest BCUT2D eigenvalue weighted by molar-refractivity contribution is -0.114. The van der Waals surface area contributed by atoms with Crippen molar-refractivity contribution in [1.29, 1.82) is 0 Å². The Kier molecular flexibility index (Phi) is 4.41. The molecule has 1 aromatic heterocycles. The van der Waals surface area contributed by atoms with Crippen molar-refractivity contribution in [3.63, 3.8) is 0 Å². The summed E-state index contributed by atoms with van der Waals surface area (Å²) in [6.45, 7) is 1.46. The number of nitrogens with one attached hydrogen (secondary N) is 2. The summed E-state index contributed by atoms with van der Waals surface area (Å²) in [6, 6.07) is 14.1. The van der Waals surface area contributed by atoms with E-state index in [1.54, 1.807) is 30.5 Å². The van der Waals surface area contributed by atoms with Crippen LogP contribution in [-0.2, 0) is 14.6 Å². The molecule has 2 aromatic carbocycles. The van der Waals surface area contributed by atoms with Gasteiger partial charge in [0.05, 0.1) is 16.8 Å². The van der Waals surface area contributed by atoms with Gasteiger partial charge in [-0.05, 0) is 29.8 Å². The minimum atomic E-state index is -3.23. The predicted molar refractivity (Wildman–Crippen MR) is 96.9 cm³/mol. The highest BCUT2D eigenvalue weighted by atomic mass is 32.2. The number of hydrogen-bond acceptors (Lipinski definition) is 4. The van der Waals surface area contributed by atoms with E-state index in [1.807, 2.05) is 24.3 Å². The van der Waals surface area contributed by atoms with E-state index in [9.17, 15) is 13.2 Å². The second-order valence-electron chi connectivity index (χ2n) is 5.71. The molecule has 0 aliphatic heterocycles. The Balaban J connectivity index is 1.94. The molecule has 0 aliphatic carbocycles. The number of anilines is 1. The first kappa shape index (κ1) is 16.9. The summed E-state index contributed by atoms with van der Waals surface area (Å²) in [6.07, 6.45) is 2.90. The summed E-state index contributed by atoms with van der Waals surface area (Å²) in [5.41, 5.74) is 4.18. The highest BCUT2D eigenvalue weighted by Gasteiger charge is 2.12. The number of amides is 1. The Morgan fingerprint density at radius 1 is 1.00 bits per heavy atom. The van der Waals surface area contributed by atoms with Crippen molar-refractivity contribution in [3.05, 3.63) is 54.7 Å². The lowest BCUT2D eigenvalue weighted by Crippen LogP contribution is -2.05. The van der Waals surface area contributed by atoms with Crippen molar-refractivity contribution in [3.8, 4) is 22.4 Å². The minimum absolute atomic E-state index is 0.122. The summed E-state index contributed by atoms with van der Waals surface area (Å²) in [4.78, 5) is 11.4. The topological polar surface area (TPSA) is 91.9 Å². The quantitative estimate of drug-likeness (QED) is 0.752. The first-order chi connectivity index (χ1) is 11.8. The summed E-state index contributed by atoms with van der Waals surface area (Å²) < 4.78 is 23.2. The Morgan fingerprint density at radius 2 is 1.60 bits per heavy atom. The van der Waals surface area contributed by atoms with Crippen LogP contribution in [0.4, 0.5) is 5.69 Å². The van der Waals surface area contributed by atoms with E-state index in [0.717, 1.165) is 28.1 Å². The van der Waals surface area contributed by atoms with Crippen LogP contribution in [0.3, 0.4) is 0 Å². The van der Waals surface area contributed by atoms with Crippen molar-refractivity contribution in [2.45, 2.75) is 11.8 Å². The highest BCUT2D eigenvalue weighted by Crippen LogP contribution is 2.31. The molecule has 0 atom stereocenters. The smallest absolute Gasteiger partial charge is 0.221 e. The Bertz CT molecular complexity index is 1000. The van der Waals surface area contributed by atoms with Crippen LogP contribution in [-0.4, -0.2) is 30.8 Å². The molecule has 0 bridgehead atoms. The summed E-state index contributed by atoms with van der Waals surface area (Å²) in [5, 5.41) is 9.78. The van der Waals surface area contributed by atoms with E-state index in [2.05, 4.69) is 15.5 Å². The van der Waals surface area contributed by atoms with E-state index >= 15 is 0 Å². The number of H-pyrrole nitrogens is 1. The fourth-order valence-corrected chi connectivity index (χ4v) is 3.16. The fourth-order valence-electron chi connectivity index (χ4n) is 2.53. The lowest BCUT2D eigenvalue weighted by Gasteiger charge is -2.07. The second-order valence-corrected chi connectivity index (χ2v) is 7.73. The molecule has 0 unspecified atom stereocenters. The van der Waals surface area contributed by atoms with Gasteiger partial charge in [-0.1, -0.05) is 24.3 Å². The highest BCUT2D eigenvalue weighted by molar-refractivity contribution is 7.90. The average Bonchev–Trinajstić information content (AvgIpc) is 3.04. The van der Waals surface area contributed by atoms with Gasteiger partial charge in [0, 0.05) is 30.0 Å². The molecule has 0 spiro atoms. The van der Waals surface area contributed by atoms with Crippen molar-refractivity contribution < 1.29 is 13.2 Å². The molecular formula is C18H17N3O3S. The molecule has 0 fully saturated rings. The number of benzene rings is 2. The van der Waals surface area contributed by atoms with Gasteiger partial charge in [-0.2, -0.15) is 5.10 Å². The van der Waals surface area contributed by atoms with E-state index in [-0.39, 0.29) is 10.8 Å². The predicted octanol–water partition coefficient (Wildman–Crippen LogP) is 3.11. The largest absolute Gasteiger partial charge is 0.326 e. The van der Waals surface area contributed by atoms with Gasteiger partial charge in [0.2, 0.25) is 5.91 Å². The third kappa shape index (κ3) is 3.77. The van der Waals surface area contributed by atoms with Crippen LogP contribution in [0.25, 0.3) is 22.4 Å². The van der Waals surface area contributed by atoms with Crippen LogP contribution in [0.5, 0.6) is 0 Å². The number of hydrogen-bond donors (Lipinski definition) is 2. The van der Waals surface area contributed by atoms with Crippen LogP contribution in [0.1, 0.15) is 6.92 Å². The number of carbonyl (C=O) groups is 1. The van der Waals surface area contributed by atoms with E-state index in [0.29, 0.717) is 0 Å². The van der Waals surface area contributed by atoms with Crippen LogP contribution in [0.15, 0.2) is 59.6 Å². The van der Waals surface area contributed by atoms with Crippen molar-refractivity contribution in [1.82, 2.24) is 10.2 Å². The third-order valence-corrected chi connectivity index (χ3v) is 4.86. The summed E-state index contributed by atoms with van der Waals surface area (Å²) in [7, 11) is -3.23. The van der Waals surface area contributed by atoms with Gasteiger partial charge >= 0.3 is 0 Å². The summed E-state index contributed by atoms with van der Waals surface area (Å²) >= 11 is 0. The molecule has 6 nitrogen and oxygen atoms in total. The molecule has 7 heteroatoms. The zero-order chi connectivity index (χ0) is 18.0. The minimum Gasteiger partial charge on any atom is -0.326 e. The molecule has 0 radical (unpaired) electrons. The molecule has 3 rings (SSSR count). The second kappa shape index (κ2) is 6.52. The first-order valence-electron chi connectivity index (χ1n) is 7.56. The van der Waals surface area contributed by atoms with Gasteiger partial charge < -0.3 is 5.32 Å². The normalized spacial score (nSPS) is 11.3.